The number of carbonyl (C=O) groups excluding carboxylic acids is 1. The van der Waals surface area contributed by atoms with E-state index in [9.17, 15) is 4.79 Å². The van der Waals surface area contributed by atoms with Crippen LogP contribution >= 0.6 is 11.8 Å². The van der Waals surface area contributed by atoms with Gasteiger partial charge in [-0.05, 0) is 26.5 Å². The van der Waals surface area contributed by atoms with Gasteiger partial charge in [-0.3, -0.25) is 4.79 Å². The van der Waals surface area contributed by atoms with Gasteiger partial charge in [-0.25, -0.2) is 9.97 Å². The first-order valence-corrected chi connectivity index (χ1v) is 7.03. The molecule has 0 bridgehead atoms. The zero-order valence-corrected chi connectivity index (χ0v) is 11.9. The zero-order valence-electron chi connectivity index (χ0n) is 11.1. The predicted octanol–water partition coefficient (Wildman–Crippen LogP) is 0.911. The highest BCUT2D eigenvalue weighted by atomic mass is 32.2. The van der Waals surface area contributed by atoms with Crippen LogP contribution in [0.5, 0.6) is 0 Å². The van der Waals surface area contributed by atoms with Crippen LogP contribution in [0, 0.1) is 13.8 Å². The van der Waals surface area contributed by atoms with E-state index in [0.717, 1.165) is 24.5 Å². The Bertz CT molecular complexity index is 377. The van der Waals surface area contributed by atoms with Crippen molar-refractivity contribution in [2.24, 2.45) is 0 Å². The van der Waals surface area contributed by atoms with Crippen LogP contribution in [0.15, 0.2) is 11.2 Å². The smallest absolute Gasteiger partial charge is 0.230 e. The van der Waals surface area contributed by atoms with Crippen LogP contribution in [0.3, 0.4) is 0 Å². The molecular weight excluding hydrogens is 248 g/mol. The Hall–Kier alpha value is -1.14. The zero-order chi connectivity index (χ0) is 13.4. The lowest BCUT2D eigenvalue weighted by Crippen LogP contribution is -2.32. The summed E-state index contributed by atoms with van der Waals surface area (Å²) in [7, 11) is 0. The van der Waals surface area contributed by atoms with Gasteiger partial charge in [-0.1, -0.05) is 18.7 Å². The summed E-state index contributed by atoms with van der Waals surface area (Å²) in [5.41, 5.74) is 1.86. The van der Waals surface area contributed by atoms with Gasteiger partial charge in [0.15, 0.2) is 5.16 Å². The van der Waals surface area contributed by atoms with Crippen molar-refractivity contribution in [1.82, 2.24) is 20.6 Å². The van der Waals surface area contributed by atoms with Gasteiger partial charge in [0, 0.05) is 24.5 Å². The van der Waals surface area contributed by atoms with Gasteiger partial charge in [0.05, 0.1) is 5.75 Å². The number of nitrogens with one attached hydrogen (secondary N) is 2. The third-order valence-corrected chi connectivity index (χ3v) is 3.02. The largest absolute Gasteiger partial charge is 0.354 e. The first-order valence-electron chi connectivity index (χ1n) is 6.04. The average Bonchev–Trinajstić information content (AvgIpc) is 2.31. The second kappa shape index (κ2) is 8.05. The van der Waals surface area contributed by atoms with E-state index in [-0.39, 0.29) is 5.91 Å². The Morgan fingerprint density at radius 2 is 1.94 bits per heavy atom. The van der Waals surface area contributed by atoms with E-state index in [1.807, 2.05) is 26.8 Å². The quantitative estimate of drug-likeness (QED) is 0.437. The predicted molar refractivity (Wildman–Crippen MR) is 73.8 cm³/mol. The fourth-order valence-corrected chi connectivity index (χ4v) is 2.19. The number of nitrogens with zero attached hydrogens (tertiary/aromatic N) is 2. The van der Waals surface area contributed by atoms with Crippen LogP contribution < -0.4 is 10.6 Å². The van der Waals surface area contributed by atoms with Gasteiger partial charge in [0.2, 0.25) is 5.91 Å². The molecule has 1 heterocycles. The van der Waals surface area contributed by atoms with Crippen LogP contribution in [0.4, 0.5) is 0 Å². The molecule has 5 nitrogen and oxygen atoms in total. The molecule has 0 aliphatic heterocycles. The van der Waals surface area contributed by atoms with Crippen LogP contribution in [0.2, 0.25) is 0 Å². The van der Waals surface area contributed by atoms with Gasteiger partial charge in [-0.15, -0.1) is 0 Å². The number of thioether (sulfide) groups is 1. The molecule has 1 rings (SSSR count). The van der Waals surface area contributed by atoms with Crippen LogP contribution in [-0.2, 0) is 4.79 Å². The SMILES string of the molecule is CCNCCNC(=O)CSc1nc(C)cc(C)n1. The molecule has 2 N–H and O–H groups in total. The van der Waals surface area contributed by atoms with E-state index in [1.165, 1.54) is 11.8 Å². The normalized spacial score (nSPS) is 10.4. The van der Waals surface area contributed by atoms with Crippen LogP contribution in [-0.4, -0.2) is 41.3 Å². The summed E-state index contributed by atoms with van der Waals surface area (Å²) < 4.78 is 0. The molecule has 0 saturated heterocycles. The van der Waals surface area contributed by atoms with Crippen molar-refractivity contribution >= 4 is 17.7 Å². The van der Waals surface area contributed by atoms with E-state index in [2.05, 4.69) is 20.6 Å². The molecule has 6 heteroatoms. The highest BCUT2D eigenvalue weighted by Crippen LogP contribution is 2.13. The molecule has 0 aromatic carbocycles. The van der Waals surface area contributed by atoms with E-state index in [4.69, 9.17) is 0 Å². The lowest BCUT2D eigenvalue weighted by molar-refractivity contribution is -0.118. The molecule has 1 amide bonds. The van der Waals surface area contributed by atoms with Crippen molar-refractivity contribution in [1.29, 1.82) is 0 Å². The number of hydrogen-bond donors (Lipinski definition) is 2. The Kier molecular flexibility index (Phi) is 6.67. The molecule has 0 unspecified atom stereocenters. The first-order chi connectivity index (χ1) is 8.61. The Balaban J connectivity index is 2.29. The lowest BCUT2D eigenvalue weighted by Gasteiger charge is -2.05. The number of likely N-dealkylation sites (N-methyl/N-ethyl adjacent to an activating group) is 1. The lowest BCUT2D eigenvalue weighted by atomic mass is 10.4. The minimum absolute atomic E-state index is 0.0145. The molecule has 100 valence electrons. The van der Waals surface area contributed by atoms with Gasteiger partial charge in [0.1, 0.15) is 0 Å². The highest BCUT2D eigenvalue weighted by molar-refractivity contribution is 7.99. The van der Waals surface area contributed by atoms with Gasteiger partial charge in [0.25, 0.3) is 0 Å². The summed E-state index contributed by atoms with van der Waals surface area (Å²) in [5, 5.41) is 6.65. The summed E-state index contributed by atoms with van der Waals surface area (Å²) in [6.45, 7) is 8.26. The number of carbonyl (C=O) groups is 1. The standard InChI is InChI=1S/C12H20N4OS/c1-4-13-5-6-14-11(17)8-18-12-15-9(2)7-10(3)16-12/h7,13H,4-6,8H2,1-3H3,(H,14,17). The third kappa shape index (κ3) is 5.97. The van der Waals surface area contributed by atoms with Crippen molar-refractivity contribution in [2.75, 3.05) is 25.4 Å². The minimum atomic E-state index is 0.0145. The summed E-state index contributed by atoms with van der Waals surface area (Å²) >= 11 is 1.37. The topological polar surface area (TPSA) is 66.9 Å². The molecular formula is C12H20N4OS. The molecule has 0 spiro atoms. The van der Waals surface area contributed by atoms with Gasteiger partial charge in [-0.2, -0.15) is 0 Å². The number of aryl methyl sites for hydroxylation is 2. The van der Waals surface area contributed by atoms with E-state index in [0.29, 0.717) is 17.5 Å². The maximum atomic E-state index is 11.5. The molecule has 0 saturated carbocycles. The minimum Gasteiger partial charge on any atom is -0.354 e. The summed E-state index contributed by atoms with van der Waals surface area (Å²) in [5.74, 6) is 0.371. The molecule has 0 radical (unpaired) electrons. The van der Waals surface area contributed by atoms with Gasteiger partial charge >= 0.3 is 0 Å². The number of amides is 1. The monoisotopic (exact) mass is 268 g/mol. The maximum absolute atomic E-state index is 11.5. The van der Waals surface area contributed by atoms with E-state index in [1.54, 1.807) is 0 Å². The first kappa shape index (κ1) is 14.9. The molecule has 0 atom stereocenters. The van der Waals surface area contributed by atoms with Crippen LogP contribution in [0.1, 0.15) is 18.3 Å². The maximum Gasteiger partial charge on any atom is 0.230 e. The van der Waals surface area contributed by atoms with Crippen molar-refractivity contribution in [3.05, 3.63) is 17.5 Å². The average molecular weight is 268 g/mol. The molecule has 18 heavy (non-hydrogen) atoms. The van der Waals surface area contributed by atoms with Crippen LogP contribution in [0.25, 0.3) is 0 Å². The van der Waals surface area contributed by atoms with E-state index >= 15 is 0 Å². The fourth-order valence-electron chi connectivity index (χ4n) is 1.41. The van der Waals surface area contributed by atoms with Crippen molar-refractivity contribution in [2.45, 2.75) is 25.9 Å². The number of hydrogen-bond acceptors (Lipinski definition) is 5. The molecule has 0 aliphatic rings. The Labute approximate surface area is 112 Å². The second-order valence-corrected chi connectivity index (χ2v) is 4.87. The Morgan fingerprint density at radius 3 is 2.56 bits per heavy atom. The molecule has 0 aliphatic carbocycles. The molecule has 0 fully saturated rings. The molecule has 1 aromatic heterocycles. The molecule has 1 aromatic rings. The summed E-state index contributed by atoms with van der Waals surface area (Å²) in [6, 6.07) is 1.92. The summed E-state index contributed by atoms with van der Waals surface area (Å²) in [6.07, 6.45) is 0. The Morgan fingerprint density at radius 1 is 1.28 bits per heavy atom. The van der Waals surface area contributed by atoms with E-state index < -0.39 is 0 Å². The number of rotatable bonds is 7. The highest BCUT2D eigenvalue weighted by Gasteiger charge is 2.05. The van der Waals surface area contributed by atoms with Crippen molar-refractivity contribution in [3.63, 3.8) is 0 Å². The van der Waals surface area contributed by atoms with Gasteiger partial charge < -0.3 is 10.6 Å². The third-order valence-electron chi connectivity index (χ3n) is 2.17. The van der Waals surface area contributed by atoms with Crippen molar-refractivity contribution in [3.8, 4) is 0 Å². The number of aromatic nitrogens is 2. The second-order valence-electron chi connectivity index (χ2n) is 3.93. The summed E-state index contributed by atoms with van der Waals surface area (Å²) in [4.78, 5) is 20.1. The van der Waals surface area contributed by atoms with Crippen molar-refractivity contribution < 1.29 is 4.79 Å². The fraction of sp³-hybridized carbons (Fsp3) is 0.583.